The van der Waals surface area contributed by atoms with Crippen LogP contribution in [0.3, 0.4) is 0 Å². The third kappa shape index (κ3) is 2.43. The second-order valence-electron chi connectivity index (χ2n) is 2.82. The highest BCUT2D eigenvalue weighted by Gasteiger charge is 2.21. The van der Waals surface area contributed by atoms with E-state index in [-0.39, 0.29) is 15.5 Å². The maximum absolute atomic E-state index is 11.2. The number of nitriles is 1. The van der Waals surface area contributed by atoms with Crippen molar-refractivity contribution in [3.05, 3.63) is 28.3 Å². The van der Waals surface area contributed by atoms with Gasteiger partial charge in [0.25, 0.3) is 9.05 Å². The molecule has 1 aromatic rings. The molecule has 3 nitrogen and oxygen atoms in total. The van der Waals surface area contributed by atoms with Gasteiger partial charge in [-0.15, -0.1) is 0 Å². The largest absolute Gasteiger partial charge is 0.264 e. The van der Waals surface area contributed by atoms with Gasteiger partial charge < -0.3 is 0 Å². The zero-order valence-corrected chi connectivity index (χ0v) is 10.1. The van der Waals surface area contributed by atoms with Crippen molar-refractivity contribution in [2.24, 2.45) is 0 Å². The minimum Gasteiger partial charge on any atom is -0.207 e. The van der Waals surface area contributed by atoms with Gasteiger partial charge in [-0.25, -0.2) is 8.42 Å². The topological polar surface area (TPSA) is 57.9 Å². The molecule has 0 fully saturated rings. The summed E-state index contributed by atoms with van der Waals surface area (Å²) in [6.07, 6.45) is 0.573. The van der Waals surface area contributed by atoms with Crippen LogP contribution in [0.2, 0.25) is 5.02 Å². The number of rotatable bonds is 2. The average molecular weight is 264 g/mol. The molecule has 0 saturated carbocycles. The first kappa shape index (κ1) is 12.3. The molecular formula is C9H7Cl2NO2S. The fourth-order valence-corrected chi connectivity index (χ4v) is 3.12. The average Bonchev–Trinajstić information content (AvgIpc) is 2.15. The van der Waals surface area contributed by atoms with Crippen molar-refractivity contribution < 1.29 is 8.42 Å². The van der Waals surface area contributed by atoms with Crippen molar-refractivity contribution in [2.75, 3.05) is 0 Å². The molecule has 15 heavy (non-hydrogen) atoms. The molecule has 0 aliphatic rings. The number of hydrogen-bond acceptors (Lipinski definition) is 3. The lowest BCUT2D eigenvalue weighted by atomic mass is 10.1. The van der Waals surface area contributed by atoms with Crippen LogP contribution in [-0.4, -0.2) is 8.42 Å². The number of aryl methyl sites for hydroxylation is 1. The van der Waals surface area contributed by atoms with E-state index in [0.29, 0.717) is 12.0 Å². The number of nitrogens with zero attached hydrogens (tertiary/aromatic N) is 1. The van der Waals surface area contributed by atoms with E-state index in [2.05, 4.69) is 0 Å². The predicted octanol–water partition coefficient (Wildman–Crippen LogP) is 2.70. The van der Waals surface area contributed by atoms with Gasteiger partial charge in [-0.1, -0.05) is 24.6 Å². The molecule has 6 heteroatoms. The number of benzene rings is 1. The molecule has 0 saturated heterocycles. The Labute approximate surface area is 97.7 Å². The Bertz CT molecular complexity index is 532. The van der Waals surface area contributed by atoms with Crippen LogP contribution in [0, 0.1) is 11.3 Å². The fourth-order valence-electron chi connectivity index (χ4n) is 1.20. The lowest BCUT2D eigenvalue weighted by molar-refractivity contribution is 0.609. The van der Waals surface area contributed by atoms with Crippen molar-refractivity contribution in [3.8, 4) is 6.07 Å². The molecule has 0 heterocycles. The zero-order valence-electron chi connectivity index (χ0n) is 7.79. The minimum absolute atomic E-state index is 0.0338. The van der Waals surface area contributed by atoms with Gasteiger partial charge in [0.05, 0.1) is 10.6 Å². The van der Waals surface area contributed by atoms with Gasteiger partial charge in [0, 0.05) is 10.7 Å². The molecule has 0 atom stereocenters. The summed E-state index contributed by atoms with van der Waals surface area (Å²) < 4.78 is 22.5. The lowest BCUT2D eigenvalue weighted by Crippen LogP contribution is -1.99. The van der Waals surface area contributed by atoms with Crippen LogP contribution in [0.15, 0.2) is 17.0 Å². The van der Waals surface area contributed by atoms with E-state index in [9.17, 15) is 8.42 Å². The highest BCUT2D eigenvalue weighted by atomic mass is 35.7. The summed E-state index contributed by atoms with van der Waals surface area (Å²) in [6.45, 7) is 1.83. The van der Waals surface area contributed by atoms with Gasteiger partial charge in [-0.05, 0) is 18.1 Å². The molecule has 1 rings (SSSR count). The van der Waals surface area contributed by atoms with Gasteiger partial charge in [-0.3, -0.25) is 0 Å². The summed E-state index contributed by atoms with van der Waals surface area (Å²) in [5, 5.41) is 8.77. The molecule has 80 valence electrons. The first-order chi connectivity index (χ1) is 6.91. The third-order valence-electron chi connectivity index (χ3n) is 1.92. The quantitative estimate of drug-likeness (QED) is 0.771. The summed E-state index contributed by atoms with van der Waals surface area (Å²) in [4.78, 5) is -0.298. The Morgan fingerprint density at radius 1 is 1.47 bits per heavy atom. The highest BCUT2D eigenvalue weighted by molar-refractivity contribution is 8.13. The first-order valence-electron chi connectivity index (χ1n) is 4.08. The van der Waals surface area contributed by atoms with E-state index in [4.69, 9.17) is 27.5 Å². The van der Waals surface area contributed by atoms with Crippen molar-refractivity contribution in [1.29, 1.82) is 5.26 Å². The van der Waals surface area contributed by atoms with Crippen molar-refractivity contribution in [2.45, 2.75) is 18.2 Å². The van der Waals surface area contributed by atoms with E-state index in [0.717, 1.165) is 0 Å². The molecule has 0 amide bonds. The van der Waals surface area contributed by atoms with Crippen molar-refractivity contribution in [1.82, 2.24) is 0 Å². The van der Waals surface area contributed by atoms with Gasteiger partial charge in [0.2, 0.25) is 0 Å². The molecule has 0 N–H and O–H groups in total. The van der Waals surface area contributed by atoms with Gasteiger partial charge in [0.1, 0.15) is 11.0 Å². The zero-order chi connectivity index (χ0) is 11.6. The molecular weight excluding hydrogens is 257 g/mol. The monoisotopic (exact) mass is 263 g/mol. The SMILES string of the molecule is CCc1ccc(C#N)c(S(=O)(=O)Cl)c1Cl. The molecule has 0 aromatic heterocycles. The van der Waals surface area contributed by atoms with E-state index >= 15 is 0 Å². The maximum atomic E-state index is 11.2. The summed E-state index contributed by atoms with van der Waals surface area (Å²) in [5.74, 6) is 0. The van der Waals surface area contributed by atoms with E-state index in [1.165, 1.54) is 6.07 Å². The minimum atomic E-state index is -3.99. The summed E-state index contributed by atoms with van der Waals surface area (Å²) in [5.41, 5.74) is 0.613. The highest BCUT2D eigenvalue weighted by Crippen LogP contribution is 2.31. The normalized spacial score (nSPS) is 11.1. The standard InChI is InChI=1S/C9H7Cl2NO2S/c1-2-6-3-4-7(5-12)9(8(6)10)15(11,13)14/h3-4H,2H2,1H3. The summed E-state index contributed by atoms with van der Waals surface area (Å²) >= 11 is 5.86. The fraction of sp³-hybridized carbons (Fsp3) is 0.222. The van der Waals surface area contributed by atoms with Crippen molar-refractivity contribution in [3.63, 3.8) is 0 Å². The Hall–Kier alpha value is -0.760. The second kappa shape index (κ2) is 4.40. The molecule has 0 bridgehead atoms. The second-order valence-corrected chi connectivity index (χ2v) is 5.70. The third-order valence-corrected chi connectivity index (χ3v) is 3.84. The van der Waals surface area contributed by atoms with E-state index in [1.807, 2.05) is 6.92 Å². The Morgan fingerprint density at radius 2 is 2.07 bits per heavy atom. The van der Waals surface area contributed by atoms with Gasteiger partial charge in [-0.2, -0.15) is 5.26 Å². The predicted molar refractivity (Wildman–Crippen MR) is 58.6 cm³/mol. The van der Waals surface area contributed by atoms with E-state index in [1.54, 1.807) is 12.1 Å². The Balaban J connectivity index is 3.67. The van der Waals surface area contributed by atoms with Gasteiger partial charge >= 0.3 is 0 Å². The molecule has 0 spiro atoms. The van der Waals surface area contributed by atoms with Crippen LogP contribution in [0.4, 0.5) is 0 Å². The maximum Gasteiger partial charge on any atom is 0.264 e. The summed E-state index contributed by atoms with van der Waals surface area (Å²) in [7, 11) is 1.22. The lowest BCUT2D eigenvalue weighted by Gasteiger charge is -2.06. The molecule has 0 aliphatic carbocycles. The number of halogens is 2. The van der Waals surface area contributed by atoms with Gasteiger partial charge in [0.15, 0.2) is 0 Å². The Morgan fingerprint density at radius 3 is 2.47 bits per heavy atom. The smallest absolute Gasteiger partial charge is 0.207 e. The number of hydrogen-bond donors (Lipinski definition) is 0. The molecule has 0 radical (unpaired) electrons. The van der Waals surface area contributed by atoms with Crippen LogP contribution in [0.5, 0.6) is 0 Å². The molecule has 1 aromatic carbocycles. The van der Waals surface area contributed by atoms with E-state index < -0.39 is 9.05 Å². The molecule has 0 aliphatic heterocycles. The molecule has 0 unspecified atom stereocenters. The van der Waals surface area contributed by atoms with Crippen molar-refractivity contribution >= 4 is 31.3 Å². The van der Waals surface area contributed by atoms with Crippen LogP contribution < -0.4 is 0 Å². The van der Waals surface area contributed by atoms with Crippen LogP contribution >= 0.6 is 22.3 Å². The summed E-state index contributed by atoms with van der Waals surface area (Å²) in [6, 6.07) is 4.77. The first-order valence-corrected chi connectivity index (χ1v) is 6.76. The Kier molecular flexibility index (Phi) is 3.61. The van der Waals surface area contributed by atoms with Crippen LogP contribution in [-0.2, 0) is 15.5 Å². The van der Waals surface area contributed by atoms with Crippen LogP contribution in [0.1, 0.15) is 18.1 Å². The van der Waals surface area contributed by atoms with Crippen LogP contribution in [0.25, 0.3) is 0 Å².